The maximum Gasteiger partial charge on any atom is 0.319 e. The van der Waals surface area contributed by atoms with Crippen molar-refractivity contribution in [2.24, 2.45) is 18.9 Å². The number of fused-ring (bicyclic) bond motifs is 1. The SMILES string of the molecule is COc1ncc(-c2cc3c(n2C(C)C)[C@@H](C2C=CC(Cl)=CC2C)N(c2cc(Cl)c(=O)n(C)c2)C3=O)c(OC)n1. The fourth-order valence-electron chi connectivity index (χ4n) is 5.54. The van der Waals surface area contributed by atoms with Crippen LogP contribution in [0.25, 0.3) is 11.3 Å². The van der Waals surface area contributed by atoms with E-state index in [-0.39, 0.29) is 40.4 Å². The summed E-state index contributed by atoms with van der Waals surface area (Å²) in [7, 11) is 4.64. The highest BCUT2D eigenvalue weighted by molar-refractivity contribution is 6.31. The molecule has 0 spiro atoms. The summed E-state index contributed by atoms with van der Waals surface area (Å²) in [6.45, 7) is 6.20. The highest BCUT2D eigenvalue weighted by Gasteiger charge is 2.47. The molecule has 1 aliphatic heterocycles. The predicted molar refractivity (Wildman–Crippen MR) is 151 cm³/mol. The number of nitrogens with zero attached hydrogens (tertiary/aromatic N) is 5. The summed E-state index contributed by atoms with van der Waals surface area (Å²) >= 11 is 12.6. The number of carbonyl (C=O) groups is 1. The van der Waals surface area contributed by atoms with Crippen molar-refractivity contribution in [2.45, 2.75) is 32.9 Å². The minimum absolute atomic E-state index is 0.0228. The number of methoxy groups -OCH3 is 2. The summed E-state index contributed by atoms with van der Waals surface area (Å²) in [5, 5.41) is 0.695. The van der Waals surface area contributed by atoms with E-state index < -0.39 is 6.04 Å². The Labute approximate surface area is 236 Å². The van der Waals surface area contributed by atoms with Crippen LogP contribution in [0.2, 0.25) is 5.02 Å². The molecule has 1 amide bonds. The monoisotopic (exact) mass is 569 g/mol. The molecular weight excluding hydrogens is 541 g/mol. The Bertz CT molecular complexity index is 1560. The van der Waals surface area contributed by atoms with E-state index in [4.69, 9.17) is 32.7 Å². The lowest BCUT2D eigenvalue weighted by molar-refractivity contribution is 0.0985. The van der Waals surface area contributed by atoms with Crippen LogP contribution in [0.1, 0.15) is 48.9 Å². The number of halogens is 2. The van der Waals surface area contributed by atoms with E-state index in [1.807, 2.05) is 24.3 Å². The third kappa shape index (κ3) is 4.43. The van der Waals surface area contributed by atoms with Gasteiger partial charge in [-0.1, -0.05) is 42.3 Å². The topological polar surface area (TPSA) is 91.5 Å². The van der Waals surface area contributed by atoms with Crippen molar-refractivity contribution in [3.05, 3.63) is 74.4 Å². The van der Waals surface area contributed by atoms with Gasteiger partial charge < -0.3 is 18.6 Å². The number of aryl methyl sites for hydroxylation is 1. The van der Waals surface area contributed by atoms with Crippen LogP contribution in [0.5, 0.6) is 11.9 Å². The fraction of sp³-hybridized carbons (Fsp3) is 0.357. The smallest absolute Gasteiger partial charge is 0.319 e. The standard InChI is InChI=1S/C28H29Cl2N5O4/c1-14(2)34-22(20-12-31-28(39-6)32-25(20)38-5)11-19-24(34)23(18-8-7-16(29)9-15(18)3)35(26(19)36)17-10-21(30)27(37)33(4)13-17/h7-15,18,23H,1-6H3/t15?,18?,23-/m1/s1. The molecule has 4 heterocycles. The van der Waals surface area contributed by atoms with Gasteiger partial charge in [-0.2, -0.15) is 4.98 Å². The lowest BCUT2D eigenvalue weighted by atomic mass is 9.82. The number of allylic oxidation sites excluding steroid dienone is 3. The lowest BCUT2D eigenvalue weighted by Crippen LogP contribution is -2.36. The second kappa shape index (κ2) is 10.2. The maximum atomic E-state index is 14.2. The summed E-state index contributed by atoms with van der Waals surface area (Å²) in [6, 6.07) is 3.16. The molecule has 11 heteroatoms. The molecular formula is C28H29Cl2N5O4. The van der Waals surface area contributed by atoms with Gasteiger partial charge in [-0.25, -0.2) is 4.98 Å². The number of rotatable bonds is 6. The van der Waals surface area contributed by atoms with Crippen LogP contribution in [0, 0.1) is 11.8 Å². The quantitative estimate of drug-likeness (QED) is 0.387. The summed E-state index contributed by atoms with van der Waals surface area (Å²) in [6.07, 6.45) is 9.19. The van der Waals surface area contributed by atoms with Gasteiger partial charge in [-0.3, -0.25) is 14.5 Å². The van der Waals surface area contributed by atoms with Gasteiger partial charge in [0.05, 0.1) is 48.5 Å². The Hall–Kier alpha value is -3.56. The molecule has 0 bridgehead atoms. The summed E-state index contributed by atoms with van der Waals surface area (Å²) in [5.74, 6) is 0.0591. The van der Waals surface area contributed by atoms with Crippen molar-refractivity contribution in [3.8, 4) is 23.1 Å². The van der Waals surface area contributed by atoms with Crippen molar-refractivity contribution < 1.29 is 14.3 Å². The number of anilines is 1. The number of hydrogen-bond donors (Lipinski definition) is 0. The van der Waals surface area contributed by atoms with Gasteiger partial charge in [-0.15, -0.1) is 0 Å². The van der Waals surface area contributed by atoms with Crippen LogP contribution in [0.4, 0.5) is 5.69 Å². The van der Waals surface area contributed by atoms with E-state index in [0.29, 0.717) is 27.7 Å². The molecule has 0 radical (unpaired) electrons. The predicted octanol–water partition coefficient (Wildman–Crippen LogP) is 5.54. The van der Waals surface area contributed by atoms with Crippen molar-refractivity contribution in [3.63, 3.8) is 0 Å². The minimum Gasteiger partial charge on any atom is -0.480 e. The number of amides is 1. The third-order valence-corrected chi connectivity index (χ3v) is 7.78. The number of carbonyl (C=O) groups excluding carboxylic acids is 1. The summed E-state index contributed by atoms with van der Waals surface area (Å²) in [5.41, 5.74) is 3.00. The van der Waals surface area contributed by atoms with E-state index in [9.17, 15) is 9.59 Å². The average Bonchev–Trinajstić information content (AvgIpc) is 3.42. The Morgan fingerprint density at radius 3 is 2.44 bits per heavy atom. The number of ether oxygens (including phenoxy) is 2. The van der Waals surface area contributed by atoms with Crippen molar-refractivity contribution in [1.82, 2.24) is 19.1 Å². The molecule has 2 unspecified atom stereocenters. The molecule has 204 valence electrons. The van der Waals surface area contributed by atoms with Gasteiger partial charge in [0.25, 0.3) is 11.5 Å². The molecule has 3 aromatic rings. The lowest BCUT2D eigenvalue weighted by Gasteiger charge is -2.36. The fourth-order valence-corrected chi connectivity index (χ4v) is 6.06. The zero-order chi connectivity index (χ0) is 28.2. The molecule has 2 aliphatic rings. The zero-order valence-corrected chi connectivity index (χ0v) is 24.0. The highest BCUT2D eigenvalue weighted by Crippen LogP contribution is 2.50. The van der Waals surface area contributed by atoms with Gasteiger partial charge in [0.2, 0.25) is 5.88 Å². The van der Waals surface area contributed by atoms with Crippen LogP contribution in [0.15, 0.2) is 52.6 Å². The van der Waals surface area contributed by atoms with E-state index in [0.717, 1.165) is 11.4 Å². The zero-order valence-electron chi connectivity index (χ0n) is 22.5. The van der Waals surface area contributed by atoms with E-state index in [1.54, 1.807) is 30.4 Å². The highest BCUT2D eigenvalue weighted by atomic mass is 35.5. The van der Waals surface area contributed by atoms with Gasteiger partial charge in [0.15, 0.2) is 0 Å². The second-order valence-electron chi connectivity index (χ2n) is 10.0. The third-order valence-electron chi connectivity index (χ3n) is 7.26. The van der Waals surface area contributed by atoms with E-state index in [1.165, 1.54) is 18.8 Å². The Balaban J connectivity index is 1.77. The molecule has 5 rings (SSSR count). The van der Waals surface area contributed by atoms with Crippen LogP contribution >= 0.6 is 23.2 Å². The largest absolute Gasteiger partial charge is 0.480 e. The Morgan fingerprint density at radius 2 is 1.82 bits per heavy atom. The summed E-state index contributed by atoms with van der Waals surface area (Å²) in [4.78, 5) is 37.0. The first-order valence-electron chi connectivity index (χ1n) is 12.5. The molecule has 9 nitrogen and oxygen atoms in total. The van der Waals surface area contributed by atoms with Crippen molar-refractivity contribution >= 4 is 34.8 Å². The molecule has 3 atom stereocenters. The maximum absolute atomic E-state index is 14.2. The van der Waals surface area contributed by atoms with Gasteiger partial charge >= 0.3 is 6.01 Å². The first-order chi connectivity index (χ1) is 18.6. The number of hydrogen-bond acceptors (Lipinski definition) is 6. The summed E-state index contributed by atoms with van der Waals surface area (Å²) < 4.78 is 14.3. The molecule has 0 N–H and O–H groups in total. The molecule has 0 saturated carbocycles. The van der Waals surface area contributed by atoms with Crippen LogP contribution in [-0.2, 0) is 7.05 Å². The van der Waals surface area contributed by atoms with Gasteiger partial charge in [-0.05, 0) is 38.0 Å². The normalized spacial score (nSPS) is 20.4. The molecule has 3 aromatic heterocycles. The molecule has 0 fully saturated rings. The van der Waals surface area contributed by atoms with Crippen LogP contribution in [0.3, 0.4) is 0 Å². The first kappa shape index (κ1) is 27.0. The molecule has 0 aromatic carbocycles. The minimum atomic E-state index is -0.408. The second-order valence-corrected chi connectivity index (χ2v) is 10.8. The average molecular weight is 570 g/mol. The van der Waals surface area contributed by atoms with Gasteiger partial charge in [0, 0.05) is 36.4 Å². The van der Waals surface area contributed by atoms with Gasteiger partial charge in [0.1, 0.15) is 5.02 Å². The van der Waals surface area contributed by atoms with E-state index >= 15 is 0 Å². The Morgan fingerprint density at radius 1 is 1.08 bits per heavy atom. The molecule has 39 heavy (non-hydrogen) atoms. The Kier molecular flexibility index (Phi) is 7.07. The van der Waals surface area contributed by atoms with Crippen molar-refractivity contribution in [2.75, 3.05) is 19.1 Å². The number of pyridine rings is 1. The van der Waals surface area contributed by atoms with E-state index in [2.05, 4.69) is 35.3 Å². The van der Waals surface area contributed by atoms with Crippen LogP contribution < -0.4 is 19.9 Å². The van der Waals surface area contributed by atoms with Crippen LogP contribution in [-0.4, -0.2) is 39.2 Å². The first-order valence-corrected chi connectivity index (χ1v) is 13.3. The van der Waals surface area contributed by atoms with Crippen molar-refractivity contribution in [1.29, 1.82) is 0 Å². The number of aromatic nitrogens is 4. The molecule has 1 aliphatic carbocycles. The molecule has 0 saturated heterocycles.